The van der Waals surface area contributed by atoms with E-state index in [0.717, 1.165) is 40.3 Å². The predicted molar refractivity (Wildman–Crippen MR) is 97.9 cm³/mol. The third kappa shape index (κ3) is 3.60. The Kier molecular flexibility index (Phi) is 4.67. The Morgan fingerprint density at radius 3 is 2.40 bits per heavy atom. The number of hydrogen-bond donors (Lipinski definition) is 0. The number of alkyl halides is 3. The zero-order chi connectivity index (χ0) is 18.0. The van der Waals surface area contributed by atoms with E-state index in [2.05, 4.69) is 25.1 Å². The number of hydrogen-bond acceptors (Lipinski definition) is 0. The fraction of sp³-hybridized carbons (Fsp3) is 0.182. The van der Waals surface area contributed by atoms with E-state index in [1.54, 1.807) is 13.0 Å². The highest BCUT2D eigenvalue weighted by molar-refractivity contribution is 5.95. The van der Waals surface area contributed by atoms with Crippen molar-refractivity contribution in [2.45, 2.75) is 26.4 Å². The topological polar surface area (TPSA) is 0 Å². The van der Waals surface area contributed by atoms with Crippen molar-refractivity contribution < 1.29 is 13.2 Å². The van der Waals surface area contributed by atoms with Crippen LogP contribution in [0.4, 0.5) is 13.2 Å². The van der Waals surface area contributed by atoms with Gasteiger partial charge in [0.15, 0.2) is 0 Å². The molecule has 3 rings (SSSR count). The number of fused-ring (bicyclic) bond motifs is 1. The van der Waals surface area contributed by atoms with Gasteiger partial charge in [-0.25, -0.2) is 0 Å². The second-order valence-electron chi connectivity index (χ2n) is 6.12. The molecule has 0 aliphatic heterocycles. The molecule has 1 aliphatic carbocycles. The first-order valence-corrected chi connectivity index (χ1v) is 8.27. The second kappa shape index (κ2) is 6.75. The van der Waals surface area contributed by atoms with Crippen LogP contribution in [0.1, 0.15) is 41.2 Å². The molecule has 0 saturated heterocycles. The Balaban J connectivity index is 2.11. The normalized spacial score (nSPS) is 15.7. The van der Waals surface area contributed by atoms with Gasteiger partial charge in [-0.05, 0) is 65.0 Å². The second-order valence-corrected chi connectivity index (χ2v) is 6.12. The van der Waals surface area contributed by atoms with Gasteiger partial charge in [0.1, 0.15) is 0 Å². The van der Waals surface area contributed by atoms with Crippen molar-refractivity contribution in [3.63, 3.8) is 0 Å². The van der Waals surface area contributed by atoms with Crippen molar-refractivity contribution in [1.82, 2.24) is 0 Å². The first kappa shape index (κ1) is 17.3. The lowest BCUT2D eigenvalue weighted by atomic mass is 9.95. The van der Waals surface area contributed by atoms with Gasteiger partial charge in [-0.3, -0.25) is 0 Å². The van der Waals surface area contributed by atoms with Crippen molar-refractivity contribution in [3.8, 4) is 0 Å². The lowest BCUT2D eigenvalue weighted by Gasteiger charge is -2.12. The molecule has 3 heteroatoms. The molecule has 0 fully saturated rings. The average molecular weight is 340 g/mol. The standard InChI is InChI=1S/C22H19F3/c1-3-6-17-14-18(10-9-16-7-4-5-8-21(16)17)20-12-11-19(13-15(20)2)22(23,24)25/h4-14H,3H2,1-2H3/b17-6-. The van der Waals surface area contributed by atoms with Gasteiger partial charge < -0.3 is 0 Å². The molecule has 1 aliphatic rings. The van der Waals surface area contributed by atoms with E-state index in [4.69, 9.17) is 0 Å². The van der Waals surface area contributed by atoms with Gasteiger partial charge in [-0.1, -0.05) is 55.5 Å². The summed E-state index contributed by atoms with van der Waals surface area (Å²) < 4.78 is 38.7. The van der Waals surface area contributed by atoms with Crippen LogP contribution in [-0.4, -0.2) is 0 Å². The molecule has 0 saturated carbocycles. The minimum atomic E-state index is -4.32. The van der Waals surface area contributed by atoms with E-state index in [0.29, 0.717) is 5.56 Å². The summed E-state index contributed by atoms with van der Waals surface area (Å²) in [5, 5.41) is 0. The summed E-state index contributed by atoms with van der Waals surface area (Å²) in [5.41, 5.74) is 5.09. The molecule has 0 amide bonds. The van der Waals surface area contributed by atoms with E-state index in [1.807, 2.05) is 30.4 Å². The lowest BCUT2D eigenvalue weighted by molar-refractivity contribution is -0.137. The molecule has 0 spiro atoms. The van der Waals surface area contributed by atoms with E-state index >= 15 is 0 Å². The molecule has 0 unspecified atom stereocenters. The smallest absolute Gasteiger partial charge is 0.166 e. The number of benzene rings is 2. The first-order valence-electron chi connectivity index (χ1n) is 8.27. The van der Waals surface area contributed by atoms with Crippen molar-refractivity contribution in [1.29, 1.82) is 0 Å². The Morgan fingerprint density at radius 2 is 1.72 bits per heavy atom. The fourth-order valence-electron chi connectivity index (χ4n) is 3.10. The molecule has 25 heavy (non-hydrogen) atoms. The third-order valence-corrected chi connectivity index (χ3v) is 4.31. The summed E-state index contributed by atoms with van der Waals surface area (Å²) in [6.07, 6.45) is 4.77. The van der Waals surface area contributed by atoms with E-state index < -0.39 is 11.7 Å². The largest absolute Gasteiger partial charge is 0.416 e. The maximum atomic E-state index is 12.9. The molecule has 0 N–H and O–H groups in total. The highest BCUT2D eigenvalue weighted by Crippen LogP contribution is 2.35. The minimum absolute atomic E-state index is 0.612. The van der Waals surface area contributed by atoms with Crippen molar-refractivity contribution >= 4 is 17.2 Å². The summed E-state index contributed by atoms with van der Waals surface area (Å²) >= 11 is 0. The van der Waals surface area contributed by atoms with Crippen LogP contribution in [0, 0.1) is 6.92 Å². The monoisotopic (exact) mass is 340 g/mol. The van der Waals surface area contributed by atoms with E-state index in [9.17, 15) is 13.2 Å². The SMILES string of the molecule is CC/C=C1/C=C(c2ccc(C(F)(F)F)cc2C)C=Cc2ccccc21. The third-order valence-electron chi connectivity index (χ3n) is 4.31. The maximum Gasteiger partial charge on any atom is 0.416 e. The maximum absolute atomic E-state index is 12.9. The number of allylic oxidation sites excluding steroid dienone is 5. The summed E-state index contributed by atoms with van der Waals surface area (Å²) in [7, 11) is 0. The minimum Gasteiger partial charge on any atom is -0.166 e. The van der Waals surface area contributed by atoms with Gasteiger partial charge >= 0.3 is 6.18 Å². The van der Waals surface area contributed by atoms with Gasteiger partial charge in [0, 0.05) is 0 Å². The summed E-state index contributed by atoms with van der Waals surface area (Å²) in [6, 6.07) is 12.0. The van der Waals surface area contributed by atoms with Crippen LogP contribution in [-0.2, 0) is 6.18 Å². The molecule has 0 heterocycles. The van der Waals surface area contributed by atoms with Crippen molar-refractivity contribution in [2.75, 3.05) is 0 Å². The molecular weight excluding hydrogens is 321 g/mol. The van der Waals surface area contributed by atoms with Gasteiger partial charge in [-0.15, -0.1) is 0 Å². The van der Waals surface area contributed by atoms with Crippen LogP contribution in [0.2, 0.25) is 0 Å². The molecule has 0 atom stereocenters. The Morgan fingerprint density at radius 1 is 0.960 bits per heavy atom. The zero-order valence-electron chi connectivity index (χ0n) is 14.2. The fourth-order valence-corrected chi connectivity index (χ4v) is 3.10. The molecule has 2 aromatic carbocycles. The molecule has 0 aromatic heterocycles. The van der Waals surface area contributed by atoms with Crippen molar-refractivity contribution in [3.05, 3.63) is 88.5 Å². The average Bonchev–Trinajstić information content (AvgIpc) is 2.75. The Hall–Kier alpha value is -2.55. The van der Waals surface area contributed by atoms with Crippen LogP contribution >= 0.6 is 0 Å². The summed E-state index contributed by atoms with van der Waals surface area (Å²) in [4.78, 5) is 0. The van der Waals surface area contributed by atoms with Gasteiger partial charge in [-0.2, -0.15) is 13.2 Å². The van der Waals surface area contributed by atoms with Crippen LogP contribution in [0.25, 0.3) is 17.2 Å². The molecule has 0 radical (unpaired) electrons. The molecular formula is C22H19F3. The quantitative estimate of drug-likeness (QED) is 0.557. The molecule has 2 aromatic rings. The number of rotatable bonds is 2. The number of aryl methyl sites for hydroxylation is 1. The van der Waals surface area contributed by atoms with E-state index in [1.165, 1.54) is 6.07 Å². The van der Waals surface area contributed by atoms with Crippen LogP contribution < -0.4 is 0 Å². The van der Waals surface area contributed by atoms with Crippen LogP contribution in [0.3, 0.4) is 0 Å². The van der Waals surface area contributed by atoms with E-state index in [-0.39, 0.29) is 0 Å². The van der Waals surface area contributed by atoms with Crippen molar-refractivity contribution in [2.24, 2.45) is 0 Å². The molecule has 0 nitrogen and oxygen atoms in total. The highest BCUT2D eigenvalue weighted by atomic mass is 19.4. The summed E-state index contributed by atoms with van der Waals surface area (Å²) in [5.74, 6) is 0. The number of halogens is 3. The first-order chi connectivity index (χ1) is 11.9. The summed E-state index contributed by atoms with van der Waals surface area (Å²) in [6.45, 7) is 3.80. The lowest BCUT2D eigenvalue weighted by Crippen LogP contribution is -2.05. The highest BCUT2D eigenvalue weighted by Gasteiger charge is 2.30. The van der Waals surface area contributed by atoms with Gasteiger partial charge in [0.05, 0.1) is 5.56 Å². The Labute approximate surface area is 146 Å². The van der Waals surface area contributed by atoms with Crippen LogP contribution in [0.15, 0.2) is 60.7 Å². The predicted octanol–water partition coefficient (Wildman–Crippen LogP) is 6.92. The molecule has 0 bridgehead atoms. The Bertz CT molecular complexity index is 880. The van der Waals surface area contributed by atoms with Crippen LogP contribution in [0.5, 0.6) is 0 Å². The molecule has 128 valence electrons. The van der Waals surface area contributed by atoms with Gasteiger partial charge in [0.25, 0.3) is 0 Å². The zero-order valence-corrected chi connectivity index (χ0v) is 14.2. The van der Waals surface area contributed by atoms with Gasteiger partial charge in [0.2, 0.25) is 0 Å².